The predicted molar refractivity (Wildman–Crippen MR) is 220 cm³/mol. The quantitative estimate of drug-likeness (QED) is 0.175. The zero-order valence-electron chi connectivity index (χ0n) is 28.6. The molecular formula is C49H30N4. The van der Waals surface area contributed by atoms with Crippen LogP contribution in [-0.2, 0) is 0 Å². The van der Waals surface area contributed by atoms with Gasteiger partial charge in [0.15, 0.2) is 17.5 Å². The first-order chi connectivity index (χ1) is 26.3. The van der Waals surface area contributed by atoms with Crippen LogP contribution >= 0.6 is 0 Å². The van der Waals surface area contributed by atoms with Crippen LogP contribution in [0.1, 0.15) is 0 Å². The molecule has 0 atom stereocenters. The Balaban J connectivity index is 1.10. The summed E-state index contributed by atoms with van der Waals surface area (Å²) in [7, 11) is 0. The molecule has 0 fully saturated rings. The van der Waals surface area contributed by atoms with E-state index < -0.39 is 0 Å². The molecule has 9 aromatic carbocycles. The van der Waals surface area contributed by atoms with Crippen molar-refractivity contribution < 1.29 is 0 Å². The Morgan fingerprint density at radius 3 is 1.66 bits per heavy atom. The van der Waals surface area contributed by atoms with E-state index in [2.05, 4.69) is 168 Å². The maximum absolute atomic E-state index is 5.22. The summed E-state index contributed by atoms with van der Waals surface area (Å²) in [4.78, 5) is 15.4. The largest absolute Gasteiger partial charge is 0.309 e. The van der Waals surface area contributed by atoms with E-state index in [0.29, 0.717) is 17.5 Å². The fraction of sp³-hybridized carbons (Fsp3) is 0. The molecule has 4 nitrogen and oxygen atoms in total. The van der Waals surface area contributed by atoms with E-state index in [1.807, 2.05) is 18.2 Å². The molecule has 0 radical (unpaired) electrons. The number of nitrogens with zero attached hydrogens (tertiary/aromatic N) is 4. The maximum atomic E-state index is 5.22. The van der Waals surface area contributed by atoms with Gasteiger partial charge in [0.25, 0.3) is 0 Å². The lowest BCUT2D eigenvalue weighted by Crippen LogP contribution is -2.01. The van der Waals surface area contributed by atoms with Gasteiger partial charge in [-0.2, -0.15) is 0 Å². The summed E-state index contributed by atoms with van der Waals surface area (Å²) in [5, 5.41) is 12.1. The molecule has 0 amide bonds. The summed E-state index contributed by atoms with van der Waals surface area (Å²) in [5.41, 5.74) is 6.30. The number of hydrogen-bond donors (Lipinski definition) is 0. The van der Waals surface area contributed by atoms with E-state index in [1.54, 1.807) is 0 Å². The van der Waals surface area contributed by atoms with Crippen molar-refractivity contribution in [2.45, 2.75) is 0 Å². The molecule has 11 aromatic rings. The zero-order chi connectivity index (χ0) is 34.9. The Hall–Kier alpha value is -7.17. The van der Waals surface area contributed by atoms with Gasteiger partial charge in [0, 0.05) is 33.2 Å². The van der Waals surface area contributed by atoms with Crippen LogP contribution in [0, 0.1) is 0 Å². The molecule has 0 bridgehead atoms. The number of benzene rings is 9. The van der Waals surface area contributed by atoms with Gasteiger partial charge in [-0.15, -0.1) is 0 Å². The molecule has 0 saturated carbocycles. The average Bonchev–Trinajstić information content (AvgIpc) is 3.55. The van der Waals surface area contributed by atoms with Crippen molar-refractivity contribution in [1.82, 2.24) is 19.5 Å². The molecule has 2 heterocycles. The van der Waals surface area contributed by atoms with Gasteiger partial charge in [-0.1, -0.05) is 133 Å². The number of para-hydroxylation sites is 1. The summed E-state index contributed by atoms with van der Waals surface area (Å²) < 4.78 is 2.36. The summed E-state index contributed by atoms with van der Waals surface area (Å²) in [5.74, 6) is 1.93. The lowest BCUT2D eigenvalue weighted by molar-refractivity contribution is 1.08. The standard InChI is InChI=1S/C49H30N4/c1-2-13-32(14-3-1)47-50-48(52-49(51-47)43-29-36-23-22-31-12-6-7-17-38(31)46(36)41-20-9-8-18-39(41)43)33-24-26-37(27-25-33)53-44-21-11-10-19-40(44)42-28-34-15-4-5-16-35(34)30-45(42)53/h1-30H. The summed E-state index contributed by atoms with van der Waals surface area (Å²) in [6.07, 6.45) is 0. The molecule has 2 aromatic heterocycles. The minimum absolute atomic E-state index is 0.635. The van der Waals surface area contributed by atoms with E-state index in [9.17, 15) is 0 Å². The molecule has 0 aliphatic rings. The van der Waals surface area contributed by atoms with Gasteiger partial charge in [-0.05, 0) is 91.6 Å². The van der Waals surface area contributed by atoms with Crippen molar-refractivity contribution >= 4 is 64.9 Å². The van der Waals surface area contributed by atoms with Crippen LogP contribution in [-0.4, -0.2) is 19.5 Å². The molecule has 0 saturated heterocycles. The SMILES string of the molecule is c1ccc(-c2nc(-c3ccc(-n4c5ccccc5c5cc6ccccc6cc54)cc3)nc(-c3cc4ccc5ccccc5c4c4ccccc34)n2)cc1. The molecule has 4 heteroatoms. The van der Waals surface area contributed by atoms with Gasteiger partial charge in [-0.3, -0.25) is 0 Å². The summed E-state index contributed by atoms with van der Waals surface area (Å²) in [6, 6.07) is 64.5. The van der Waals surface area contributed by atoms with Crippen molar-refractivity contribution in [3.05, 3.63) is 182 Å². The highest BCUT2D eigenvalue weighted by atomic mass is 15.0. The Bertz CT molecular complexity index is 3220. The van der Waals surface area contributed by atoms with Gasteiger partial charge >= 0.3 is 0 Å². The first kappa shape index (κ1) is 29.5. The third-order valence-corrected chi connectivity index (χ3v) is 10.6. The number of fused-ring (bicyclic) bond motifs is 9. The molecule has 11 rings (SSSR count). The average molecular weight is 675 g/mol. The van der Waals surface area contributed by atoms with Crippen LogP contribution < -0.4 is 0 Å². The van der Waals surface area contributed by atoms with Crippen LogP contribution in [0.2, 0.25) is 0 Å². The Morgan fingerprint density at radius 1 is 0.321 bits per heavy atom. The first-order valence-electron chi connectivity index (χ1n) is 17.9. The minimum Gasteiger partial charge on any atom is -0.309 e. The normalized spacial score (nSPS) is 11.8. The third kappa shape index (κ3) is 4.73. The molecule has 246 valence electrons. The van der Waals surface area contributed by atoms with Crippen LogP contribution in [0.15, 0.2) is 182 Å². The smallest absolute Gasteiger partial charge is 0.164 e. The van der Waals surface area contributed by atoms with Gasteiger partial charge in [0.1, 0.15) is 0 Å². The van der Waals surface area contributed by atoms with E-state index in [0.717, 1.165) is 33.2 Å². The van der Waals surface area contributed by atoms with E-state index in [-0.39, 0.29) is 0 Å². The second-order valence-electron chi connectivity index (χ2n) is 13.6. The highest BCUT2D eigenvalue weighted by Gasteiger charge is 2.18. The summed E-state index contributed by atoms with van der Waals surface area (Å²) >= 11 is 0. The molecule has 0 N–H and O–H groups in total. The summed E-state index contributed by atoms with van der Waals surface area (Å²) in [6.45, 7) is 0. The van der Waals surface area contributed by atoms with Crippen LogP contribution in [0.25, 0.3) is 105 Å². The molecule has 0 unspecified atom stereocenters. The monoisotopic (exact) mass is 674 g/mol. The second-order valence-corrected chi connectivity index (χ2v) is 13.6. The van der Waals surface area contributed by atoms with Crippen molar-refractivity contribution in [3.63, 3.8) is 0 Å². The van der Waals surface area contributed by atoms with Gasteiger partial charge in [-0.25, -0.2) is 15.0 Å². The highest BCUT2D eigenvalue weighted by Crippen LogP contribution is 2.39. The molecule has 0 aliphatic heterocycles. The van der Waals surface area contributed by atoms with E-state index in [4.69, 9.17) is 15.0 Å². The van der Waals surface area contributed by atoms with Gasteiger partial charge in [0.2, 0.25) is 0 Å². The lowest BCUT2D eigenvalue weighted by atomic mass is 9.93. The van der Waals surface area contributed by atoms with E-state index in [1.165, 1.54) is 54.1 Å². The van der Waals surface area contributed by atoms with Crippen LogP contribution in [0.5, 0.6) is 0 Å². The van der Waals surface area contributed by atoms with Crippen LogP contribution in [0.4, 0.5) is 0 Å². The number of rotatable bonds is 4. The van der Waals surface area contributed by atoms with E-state index >= 15 is 0 Å². The fourth-order valence-corrected chi connectivity index (χ4v) is 8.10. The van der Waals surface area contributed by atoms with Crippen molar-refractivity contribution in [3.8, 4) is 39.9 Å². The fourth-order valence-electron chi connectivity index (χ4n) is 8.10. The molecule has 0 aliphatic carbocycles. The minimum atomic E-state index is 0.635. The molecule has 0 spiro atoms. The number of aromatic nitrogens is 4. The van der Waals surface area contributed by atoms with Gasteiger partial charge < -0.3 is 4.57 Å². The predicted octanol–water partition coefficient (Wildman–Crippen LogP) is 12.6. The Kier molecular flexibility index (Phi) is 6.52. The Morgan fingerprint density at radius 2 is 0.887 bits per heavy atom. The van der Waals surface area contributed by atoms with Crippen molar-refractivity contribution in [1.29, 1.82) is 0 Å². The first-order valence-corrected chi connectivity index (χ1v) is 17.9. The maximum Gasteiger partial charge on any atom is 0.164 e. The van der Waals surface area contributed by atoms with Crippen molar-refractivity contribution in [2.75, 3.05) is 0 Å². The molecular weight excluding hydrogens is 645 g/mol. The topological polar surface area (TPSA) is 43.6 Å². The number of hydrogen-bond acceptors (Lipinski definition) is 3. The van der Waals surface area contributed by atoms with Gasteiger partial charge in [0.05, 0.1) is 11.0 Å². The lowest BCUT2D eigenvalue weighted by Gasteiger charge is -2.14. The third-order valence-electron chi connectivity index (χ3n) is 10.6. The zero-order valence-corrected chi connectivity index (χ0v) is 28.6. The van der Waals surface area contributed by atoms with Crippen LogP contribution in [0.3, 0.4) is 0 Å². The second kappa shape index (κ2) is 11.7. The Labute approximate surface area is 305 Å². The molecule has 53 heavy (non-hydrogen) atoms. The highest BCUT2D eigenvalue weighted by molar-refractivity contribution is 6.23. The van der Waals surface area contributed by atoms with Crippen molar-refractivity contribution in [2.24, 2.45) is 0 Å².